The van der Waals surface area contributed by atoms with E-state index in [1.54, 1.807) is 7.11 Å². The van der Waals surface area contributed by atoms with Crippen molar-refractivity contribution in [1.29, 1.82) is 0 Å². The Bertz CT molecular complexity index is 166. The molecule has 1 fully saturated rings. The summed E-state index contributed by atoms with van der Waals surface area (Å²) in [5, 5.41) is 0. The minimum absolute atomic E-state index is 0.230. The van der Waals surface area contributed by atoms with Crippen LogP contribution in [0, 0.1) is 5.92 Å². The summed E-state index contributed by atoms with van der Waals surface area (Å²) in [7, 11) is 1.73. The van der Waals surface area contributed by atoms with Gasteiger partial charge in [0.15, 0.2) is 0 Å². The molecule has 5 heteroatoms. The highest BCUT2D eigenvalue weighted by molar-refractivity contribution is 7.99. The average molecular weight is 234 g/mol. The topological polar surface area (TPSA) is 56.5 Å². The average Bonchev–Trinajstić information content (AvgIpc) is 2.29. The zero-order chi connectivity index (χ0) is 11.1. The van der Waals surface area contributed by atoms with Crippen LogP contribution in [0.15, 0.2) is 0 Å². The van der Waals surface area contributed by atoms with Gasteiger partial charge in [0, 0.05) is 25.2 Å². The highest BCUT2D eigenvalue weighted by Gasteiger charge is 2.28. The molecule has 3 N–H and O–H groups in total. The zero-order valence-corrected chi connectivity index (χ0v) is 10.4. The summed E-state index contributed by atoms with van der Waals surface area (Å²) >= 11 is 1.94. The molecule has 0 bridgehead atoms. The van der Waals surface area contributed by atoms with E-state index < -0.39 is 0 Å². The Labute approximate surface area is 96.2 Å². The second-order valence-electron chi connectivity index (χ2n) is 3.94. The Balaban J connectivity index is 2.37. The lowest BCUT2D eigenvalue weighted by Gasteiger charge is -2.33. The number of hydrogen-bond donors (Lipinski definition) is 2. The smallest absolute Gasteiger partial charge is 0.0834 e. The summed E-state index contributed by atoms with van der Waals surface area (Å²) in [6.45, 7) is 3.80. The molecule has 3 unspecified atom stereocenters. The van der Waals surface area contributed by atoms with E-state index in [1.165, 1.54) is 0 Å². The van der Waals surface area contributed by atoms with Gasteiger partial charge in [-0.1, -0.05) is 6.92 Å². The number of thioether (sulfide) groups is 1. The molecule has 1 heterocycles. The first-order valence-corrected chi connectivity index (χ1v) is 6.59. The van der Waals surface area contributed by atoms with E-state index >= 15 is 0 Å². The van der Waals surface area contributed by atoms with E-state index in [9.17, 15) is 0 Å². The van der Waals surface area contributed by atoms with Crippen molar-refractivity contribution in [1.82, 2.24) is 5.43 Å². The standard InChI is InChI=1S/C10H22N2O2S/c1-8(3-4-13-2)10(12-11)9-7-15-6-5-14-9/h8-10,12H,3-7,11H2,1-2H3. The van der Waals surface area contributed by atoms with E-state index in [1.807, 2.05) is 11.8 Å². The summed E-state index contributed by atoms with van der Waals surface area (Å²) in [5.74, 6) is 8.20. The van der Waals surface area contributed by atoms with Crippen LogP contribution in [0.2, 0.25) is 0 Å². The Hall–Kier alpha value is 0.190. The maximum atomic E-state index is 5.73. The quantitative estimate of drug-likeness (QED) is 0.521. The number of ether oxygens (including phenoxy) is 2. The molecule has 0 amide bonds. The van der Waals surface area contributed by atoms with Crippen LogP contribution in [0.25, 0.3) is 0 Å². The lowest BCUT2D eigenvalue weighted by atomic mass is 9.95. The minimum atomic E-state index is 0.230. The van der Waals surface area contributed by atoms with Gasteiger partial charge in [-0.15, -0.1) is 0 Å². The maximum Gasteiger partial charge on any atom is 0.0834 e. The largest absolute Gasteiger partial charge is 0.385 e. The molecule has 1 aliphatic heterocycles. The van der Waals surface area contributed by atoms with Gasteiger partial charge in [-0.3, -0.25) is 11.3 Å². The summed E-state index contributed by atoms with van der Waals surface area (Å²) in [4.78, 5) is 0. The van der Waals surface area contributed by atoms with Crippen molar-refractivity contribution in [3.8, 4) is 0 Å². The molecule has 1 aliphatic rings. The summed E-state index contributed by atoms with van der Waals surface area (Å²) < 4.78 is 10.8. The highest BCUT2D eigenvalue weighted by atomic mass is 32.2. The number of hydrogen-bond acceptors (Lipinski definition) is 5. The van der Waals surface area contributed by atoms with Gasteiger partial charge in [-0.2, -0.15) is 11.8 Å². The number of rotatable bonds is 6. The van der Waals surface area contributed by atoms with Crippen molar-refractivity contribution in [3.63, 3.8) is 0 Å². The molecule has 0 aromatic carbocycles. The van der Waals surface area contributed by atoms with Crippen LogP contribution in [-0.4, -0.2) is 44.0 Å². The van der Waals surface area contributed by atoms with Gasteiger partial charge in [0.25, 0.3) is 0 Å². The first-order valence-electron chi connectivity index (χ1n) is 5.44. The molecule has 0 saturated carbocycles. The molecule has 0 aliphatic carbocycles. The first kappa shape index (κ1) is 13.3. The van der Waals surface area contributed by atoms with E-state index in [2.05, 4.69) is 12.3 Å². The Morgan fingerprint density at radius 1 is 1.67 bits per heavy atom. The van der Waals surface area contributed by atoms with Crippen LogP contribution in [0.1, 0.15) is 13.3 Å². The van der Waals surface area contributed by atoms with Crippen LogP contribution in [0.3, 0.4) is 0 Å². The van der Waals surface area contributed by atoms with E-state index in [0.29, 0.717) is 5.92 Å². The van der Waals surface area contributed by atoms with Crippen molar-refractivity contribution in [2.75, 3.05) is 31.8 Å². The number of nitrogens with one attached hydrogen (secondary N) is 1. The molecule has 0 aromatic heterocycles. The molecule has 15 heavy (non-hydrogen) atoms. The third kappa shape index (κ3) is 4.28. The zero-order valence-electron chi connectivity index (χ0n) is 9.57. The van der Waals surface area contributed by atoms with Gasteiger partial charge in [-0.25, -0.2) is 0 Å². The predicted octanol–water partition coefficient (Wildman–Crippen LogP) is 0.623. The Morgan fingerprint density at radius 3 is 3.00 bits per heavy atom. The maximum absolute atomic E-state index is 5.73. The SMILES string of the molecule is COCCC(C)C(NN)C1CSCCO1. The van der Waals surface area contributed by atoms with Crippen LogP contribution in [0.5, 0.6) is 0 Å². The van der Waals surface area contributed by atoms with Gasteiger partial charge in [0.2, 0.25) is 0 Å². The second-order valence-corrected chi connectivity index (χ2v) is 5.09. The fourth-order valence-corrected chi connectivity index (χ4v) is 2.75. The van der Waals surface area contributed by atoms with Crippen molar-refractivity contribution >= 4 is 11.8 Å². The van der Waals surface area contributed by atoms with E-state index in [-0.39, 0.29) is 12.1 Å². The van der Waals surface area contributed by atoms with Crippen molar-refractivity contribution in [2.24, 2.45) is 11.8 Å². The summed E-state index contributed by atoms with van der Waals surface area (Å²) in [5.41, 5.74) is 2.89. The molecule has 0 aromatic rings. The number of methoxy groups -OCH3 is 1. The molecule has 3 atom stereocenters. The van der Waals surface area contributed by atoms with E-state index in [0.717, 1.165) is 31.1 Å². The second kappa shape index (κ2) is 7.46. The first-order chi connectivity index (χ1) is 7.29. The third-order valence-corrected chi connectivity index (χ3v) is 3.84. The summed E-state index contributed by atoms with van der Waals surface area (Å²) in [6, 6.07) is 0.230. The summed E-state index contributed by atoms with van der Waals surface area (Å²) in [6.07, 6.45) is 1.25. The number of nitrogens with two attached hydrogens (primary N) is 1. The molecule has 1 rings (SSSR count). The molecule has 90 valence electrons. The monoisotopic (exact) mass is 234 g/mol. The van der Waals surface area contributed by atoms with Gasteiger partial charge < -0.3 is 9.47 Å². The molecular weight excluding hydrogens is 212 g/mol. The van der Waals surface area contributed by atoms with Gasteiger partial charge in [-0.05, 0) is 12.3 Å². The Morgan fingerprint density at radius 2 is 2.47 bits per heavy atom. The fraction of sp³-hybridized carbons (Fsp3) is 1.00. The van der Waals surface area contributed by atoms with Gasteiger partial charge >= 0.3 is 0 Å². The molecule has 0 radical (unpaired) electrons. The third-order valence-electron chi connectivity index (χ3n) is 2.83. The Kier molecular flexibility index (Phi) is 6.59. The van der Waals surface area contributed by atoms with Crippen LogP contribution >= 0.6 is 11.8 Å². The molecular formula is C10H22N2O2S. The predicted molar refractivity (Wildman–Crippen MR) is 63.8 cm³/mol. The lowest BCUT2D eigenvalue weighted by Crippen LogP contribution is -2.51. The van der Waals surface area contributed by atoms with Crippen molar-refractivity contribution < 1.29 is 9.47 Å². The molecule has 0 spiro atoms. The molecule has 1 saturated heterocycles. The molecule has 4 nitrogen and oxygen atoms in total. The fourth-order valence-electron chi connectivity index (χ4n) is 1.83. The number of hydrazine groups is 1. The van der Waals surface area contributed by atoms with Crippen LogP contribution in [0.4, 0.5) is 0 Å². The van der Waals surface area contributed by atoms with Crippen molar-refractivity contribution in [2.45, 2.75) is 25.5 Å². The highest BCUT2D eigenvalue weighted by Crippen LogP contribution is 2.21. The van der Waals surface area contributed by atoms with E-state index in [4.69, 9.17) is 15.3 Å². The normalized spacial score (nSPS) is 26.2. The van der Waals surface area contributed by atoms with Gasteiger partial charge in [0.05, 0.1) is 18.8 Å². The minimum Gasteiger partial charge on any atom is -0.385 e. The van der Waals surface area contributed by atoms with Gasteiger partial charge in [0.1, 0.15) is 0 Å². The van der Waals surface area contributed by atoms with Crippen LogP contribution in [-0.2, 0) is 9.47 Å². The van der Waals surface area contributed by atoms with Crippen molar-refractivity contribution in [3.05, 3.63) is 0 Å². The lowest BCUT2D eigenvalue weighted by molar-refractivity contribution is 0.0269. The van der Waals surface area contributed by atoms with Crippen LogP contribution < -0.4 is 11.3 Å².